The second-order valence-corrected chi connectivity index (χ2v) is 11.7. The van der Waals surface area contributed by atoms with E-state index in [9.17, 15) is 14.4 Å². The van der Waals surface area contributed by atoms with Crippen molar-refractivity contribution >= 4 is 23.5 Å². The van der Waals surface area contributed by atoms with E-state index in [1.807, 2.05) is 36.9 Å². The second kappa shape index (κ2) is 10.2. The van der Waals surface area contributed by atoms with Gasteiger partial charge in [-0.15, -0.1) is 0 Å². The monoisotopic (exact) mass is 534 g/mol. The van der Waals surface area contributed by atoms with E-state index in [1.54, 1.807) is 16.9 Å². The maximum absolute atomic E-state index is 13.8. The Balaban J connectivity index is 1.20. The van der Waals surface area contributed by atoms with Gasteiger partial charge in [-0.3, -0.25) is 14.3 Å². The van der Waals surface area contributed by atoms with E-state index in [-0.39, 0.29) is 41.9 Å². The van der Waals surface area contributed by atoms with Gasteiger partial charge in [0.2, 0.25) is 5.91 Å². The van der Waals surface area contributed by atoms with Gasteiger partial charge < -0.3 is 25.6 Å². The van der Waals surface area contributed by atoms with Crippen LogP contribution in [0.1, 0.15) is 81.0 Å². The van der Waals surface area contributed by atoms with Crippen molar-refractivity contribution in [2.24, 2.45) is 17.8 Å². The van der Waals surface area contributed by atoms with Crippen molar-refractivity contribution < 1.29 is 19.1 Å². The fourth-order valence-electron chi connectivity index (χ4n) is 6.22. The van der Waals surface area contributed by atoms with E-state index < -0.39 is 6.04 Å². The molecule has 3 fully saturated rings. The van der Waals surface area contributed by atoms with Crippen LogP contribution in [0.5, 0.6) is 5.75 Å². The van der Waals surface area contributed by atoms with E-state index in [1.165, 1.54) is 0 Å². The largest absolute Gasteiger partial charge is 0.491 e. The van der Waals surface area contributed by atoms with Gasteiger partial charge in [-0.1, -0.05) is 13.0 Å². The zero-order valence-corrected chi connectivity index (χ0v) is 22.9. The van der Waals surface area contributed by atoms with Crippen LogP contribution in [0.3, 0.4) is 0 Å². The van der Waals surface area contributed by atoms with Gasteiger partial charge in [0.05, 0.1) is 6.04 Å². The molecule has 10 heteroatoms. The van der Waals surface area contributed by atoms with Gasteiger partial charge in [-0.05, 0) is 75.8 Å². The number of nitrogens with zero attached hydrogens (tertiary/aromatic N) is 3. The summed E-state index contributed by atoms with van der Waals surface area (Å²) in [7, 11) is 0. The Morgan fingerprint density at radius 3 is 2.54 bits per heavy atom. The molecule has 0 radical (unpaired) electrons. The summed E-state index contributed by atoms with van der Waals surface area (Å²) in [6, 6.07) is 6.66. The Bertz CT molecular complexity index is 1250. The zero-order valence-electron chi connectivity index (χ0n) is 22.9. The van der Waals surface area contributed by atoms with Crippen molar-refractivity contribution in [3.05, 3.63) is 41.7 Å². The average Bonchev–Trinajstić information content (AvgIpc) is 3.80. The molecule has 3 atom stereocenters. The molecule has 1 aromatic carbocycles. The minimum Gasteiger partial charge on any atom is -0.491 e. The minimum atomic E-state index is -0.630. The summed E-state index contributed by atoms with van der Waals surface area (Å²) < 4.78 is 7.65. The molecule has 0 unspecified atom stereocenters. The molecule has 2 aliphatic carbocycles. The first-order valence-electron chi connectivity index (χ1n) is 14.3. The fourth-order valence-corrected chi connectivity index (χ4v) is 6.22. The Kier molecular flexibility index (Phi) is 6.72. The number of hydrogen-bond acceptors (Lipinski definition) is 5. The van der Waals surface area contributed by atoms with Crippen molar-refractivity contribution in [1.82, 2.24) is 25.3 Å². The number of anilines is 1. The minimum absolute atomic E-state index is 0.0328. The SMILES string of the molecule is CC[C@@H]1CN([C@@H]2COc3cc(NC(=O)[C@@H](NC(=O)c4ccnn4C(C)C)C(C4CC4)C4CC4)ccc32)C(=O)N1. The standard InChI is InChI=1S/C29H38N6O4/c1-4-19-14-34(29(38)32-19)23-15-39-24-13-20(9-10-21(23)24)31-28(37)26(25(17-5-6-17)18-7-8-18)33-27(36)22-11-12-30-35(22)16(2)3/h9-13,16-19,23,25-26H,4-8,14-15H2,1-3H3,(H,31,37)(H,32,38)(H,33,36)/t19-,23-,26+/m1/s1. The average molecular weight is 535 g/mol. The number of benzene rings is 1. The van der Waals surface area contributed by atoms with Crippen LogP contribution in [0.2, 0.25) is 0 Å². The van der Waals surface area contributed by atoms with Crippen LogP contribution < -0.4 is 20.7 Å². The first kappa shape index (κ1) is 25.7. The number of fused-ring (bicyclic) bond motifs is 1. The quantitative estimate of drug-likeness (QED) is 0.428. The number of carbonyl (C=O) groups is 3. The second-order valence-electron chi connectivity index (χ2n) is 11.7. The molecule has 2 aromatic rings. The van der Waals surface area contributed by atoms with Crippen LogP contribution in [-0.2, 0) is 4.79 Å². The van der Waals surface area contributed by atoms with Crippen molar-refractivity contribution in [2.45, 2.75) is 77.0 Å². The fraction of sp³-hybridized carbons (Fsp3) is 0.586. The Hall–Kier alpha value is -3.56. The Labute approximate surface area is 228 Å². The van der Waals surface area contributed by atoms with Crippen LogP contribution in [0, 0.1) is 17.8 Å². The molecular weight excluding hydrogens is 496 g/mol. The molecule has 6 rings (SSSR count). The highest BCUT2D eigenvalue weighted by atomic mass is 16.5. The number of urea groups is 1. The Morgan fingerprint density at radius 2 is 1.90 bits per heavy atom. The molecular formula is C29H38N6O4. The van der Waals surface area contributed by atoms with E-state index in [0.717, 1.165) is 37.7 Å². The molecule has 1 saturated heterocycles. The predicted octanol–water partition coefficient (Wildman–Crippen LogP) is 3.87. The third-order valence-electron chi connectivity index (χ3n) is 8.59. The smallest absolute Gasteiger partial charge is 0.318 e. The Morgan fingerprint density at radius 1 is 1.15 bits per heavy atom. The zero-order chi connectivity index (χ0) is 27.3. The summed E-state index contributed by atoms with van der Waals surface area (Å²) in [5.41, 5.74) is 2.02. The van der Waals surface area contributed by atoms with E-state index >= 15 is 0 Å². The number of carbonyl (C=O) groups excluding carboxylic acids is 3. The van der Waals surface area contributed by atoms with Crippen LogP contribution in [0.4, 0.5) is 10.5 Å². The summed E-state index contributed by atoms with van der Waals surface area (Å²) in [6.07, 6.45) is 6.90. The van der Waals surface area contributed by atoms with Crippen LogP contribution >= 0.6 is 0 Å². The highest BCUT2D eigenvalue weighted by Crippen LogP contribution is 2.51. The lowest BCUT2D eigenvalue weighted by molar-refractivity contribution is -0.119. The molecule has 2 saturated carbocycles. The van der Waals surface area contributed by atoms with E-state index in [2.05, 4.69) is 28.0 Å². The van der Waals surface area contributed by atoms with Crippen molar-refractivity contribution in [3.63, 3.8) is 0 Å². The molecule has 3 heterocycles. The van der Waals surface area contributed by atoms with Gasteiger partial charge in [-0.2, -0.15) is 5.10 Å². The molecule has 4 amide bonds. The van der Waals surface area contributed by atoms with Gasteiger partial charge in [0.1, 0.15) is 24.1 Å². The van der Waals surface area contributed by atoms with Crippen molar-refractivity contribution in [3.8, 4) is 5.75 Å². The van der Waals surface area contributed by atoms with E-state index in [0.29, 0.717) is 42.1 Å². The topological polar surface area (TPSA) is 118 Å². The van der Waals surface area contributed by atoms with Crippen LogP contribution in [-0.4, -0.2) is 57.8 Å². The molecule has 208 valence electrons. The molecule has 3 N–H and O–H groups in total. The molecule has 0 bridgehead atoms. The maximum atomic E-state index is 13.8. The van der Waals surface area contributed by atoms with Gasteiger partial charge in [0.25, 0.3) is 5.91 Å². The van der Waals surface area contributed by atoms with Crippen LogP contribution in [0.15, 0.2) is 30.5 Å². The summed E-state index contributed by atoms with van der Waals surface area (Å²) in [4.78, 5) is 41.5. The number of rotatable bonds is 10. The molecule has 0 spiro atoms. The summed E-state index contributed by atoms with van der Waals surface area (Å²) in [5, 5.41) is 13.5. The third kappa shape index (κ3) is 5.08. The van der Waals surface area contributed by atoms with Crippen molar-refractivity contribution in [2.75, 3.05) is 18.5 Å². The summed E-state index contributed by atoms with van der Waals surface area (Å²) in [5.74, 6) is 1.24. The first-order chi connectivity index (χ1) is 18.8. The highest BCUT2D eigenvalue weighted by molar-refractivity contribution is 6.01. The summed E-state index contributed by atoms with van der Waals surface area (Å²) in [6.45, 7) is 7.06. The number of aromatic nitrogens is 2. The molecule has 10 nitrogen and oxygen atoms in total. The third-order valence-corrected chi connectivity index (χ3v) is 8.59. The number of ether oxygens (including phenoxy) is 1. The maximum Gasteiger partial charge on any atom is 0.318 e. The molecule has 1 aromatic heterocycles. The predicted molar refractivity (Wildman–Crippen MR) is 145 cm³/mol. The number of nitrogens with one attached hydrogen (secondary N) is 3. The molecule has 2 aliphatic heterocycles. The van der Waals surface area contributed by atoms with Gasteiger partial charge >= 0.3 is 6.03 Å². The normalized spacial score (nSPS) is 23.0. The molecule has 39 heavy (non-hydrogen) atoms. The first-order valence-corrected chi connectivity index (χ1v) is 14.3. The van der Waals surface area contributed by atoms with Gasteiger partial charge in [-0.25, -0.2) is 4.79 Å². The van der Waals surface area contributed by atoms with Gasteiger partial charge in [0.15, 0.2) is 0 Å². The highest BCUT2D eigenvalue weighted by Gasteiger charge is 2.48. The number of amides is 4. The van der Waals surface area contributed by atoms with Crippen molar-refractivity contribution in [1.29, 1.82) is 0 Å². The van der Waals surface area contributed by atoms with E-state index in [4.69, 9.17) is 4.74 Å². The number of hydrogen-bond donors (Lipinski definition) is 3. The lowest BCUT2D eigenvalue weighted by Gasteiger charge is -2.28. The lowest BCUT2D eigenvalue weighted by Crippen LogP contribution is -2.50. The van der Waals surface area contributed by atoms with Crippen LogP contribution in [0.25, 0.3) is 0 Å². The molecule has 4 aliphatic rings. The lowest BCUT2D eigenvalue weighted by atomic mass is 9.88. The summed E-state index contributed by atoms with van der Waals surface area (Å²) >= 11 is 0. The van der Waals surface area contributed by atoms with Gasteiger partial charge in [0, 0.05) is 42.1 Å².